The number of carbonyl (C=O) groups excluding carboxylic acids is 1. The lowest BCUT2D eigenvalue weighted by atomic mass is 10.2. The number of quaternary nitrogens is 1. The lowest BCUT2D eigenvalue weighted by Crippen LogP contribution is -3.12. The number of hydrogen-bond acceptors (Lipinski definition) is 4. The lowest BCUT2D eigenvalue weighted by molar-refractivity contribution is -0.883. The number of benzene rings is 2. The standard InChI is InChI=1S/C21H27N3O4S/c1-17-8-10-18(11-9-17)29(26,27)24(19-6-4-5-7-20(19)28-3)16-21(25)23-14-12-22(2)13-15-23/h4-11H,12-16H2,1-3H3/p+1. The quantitative estimate of drug-likeness (QED) is 0.744. The van der Waals surface area contributed by atoms with Crippen LogP contribution < -0.4 is 13.9 Å². The van der Waals surface area contributed by atoms with Crippen molar-refractivity contribution in [1.82, 2.24) is 4.90 Å². The summed E-state index contributed by atoms with van der Waals surface area (Å²) in [6, 6.07) is 13.5. The van der Waals surface area contributed by atoms with Crippen LogP contribution in [0.5, 0.6) is 5.75 Å². The first-order valence-electron chi connectivity index (χ1n) is 9.64. The summed E-state index contributed by atoms with van der Waals surface area (Å²) >= 11 is 0. The molecule has 1 aliphatic rings. The summed E-state index contributed by atoms with van der Waals surface area (Å²) in [5.74, 6) is 0.193. The van der Waals surface area contributed by atoms with E-state index in [4.69, 9.17) is 4.74 Å². The summed E-state index contributed by atoms with van der Waals surface area (Å²) < 4.78 is 33.5. The number of ether oxygens (including phenoxy) is 1. The van der Waals surface area contributed by atoms with Crippen molar-refractivity contribution in [3.05, 3.63) is 54.1 Å². The van der Waals surface area contributed by atoms with Crippen molar-refractivity contribution in [2.75, 3.05) is 51.2 Å². The Balaban J connectivity index is 1.98. The molecule has 156 valence electrons. The number of para-hydroxylation sites is 2. The first-order valence-corrected chi connectivity index (χ1v) is 11.1. The van der Waals surface area contributed by atoms with E-state index >= 15 is 0 Å². The third-order valence-electron chi connectivity index (χ3n) is 5.21. The number of likely N-dealkylation sites (N-methyl/N-ethyl adjacent to an activating group) is 1. The number of methoxy groups -OCH3 is 1. The molecule has 0 aromatic heterocycles. The molecule has 1 heterocycles. The minimum Gasteiger partial charge on any atom is -0.495 e. The number of amides is 1. The van der Waals surface area contributed by atoms with E-state index in [1.54, 1.807) is 53.4 Å². The SMILES string of the molecule is COc1ccccc1N(CC(=O)N1CC[NH+](C)CC1)S(=O)(=O)c1ccc(C)cc1. The zero-order chi connectivity index (χ0) is 21.0. The third-order valence-corrected chi connectivity index (χ3v) is 6.99. The number of aryl methyl sites for hydroxylation is 1. The Morgan fingerprint density at radius 3 is 2.34 bits per heavy atom. The van der Waals surface area contributed by atoms with Crippen molar-refractivity contribution in [2.24, 2.45) is 0 Å². The van der Waals surface area contributed by atoms with Gasteiger partial charge in [-0.15, -0.1) is 0 Å². The molecule has 0 atom stereocenters. The smallest absolute Gasteiger partial charge is 0.264 e. The Morgan fingerprint density at radius 2 is 1.72 bits per heavy atom. The van der Waals surface area contributed by atoms with Crippen LogP contribution >= 0.6 is 0 Å². The number of anilines is 1. The van der Waals surface area contributed by atoms with Crippen LogP contribution in [0.4, 0.5) is 5.69 Å². The number of rotatable bonds is 6. The van der Waals surface area contributed by atoms with Gasteiger partial charge >= 0.3 is 0 Å². The van der Waals surface area contributed by atoms with Crippen molar-refractivity contribution < 1.29 is 22.8 Å². The summed E-state index contributed by atoms with van der Waals surface area (Å²) in [6.45, 7) is 4.57. The van der Waals surface area contributed by atoms with Gasteiger partial charge in [-0.3, -0.25) is 9.10 Å². The van der Waals surface area contributed by atoms with Crippen molar-refractivity contribution >= 4 is 21.6 Å². The van der Waals surface area contributed by atoms with Crippen LogP contribution in [0.3, 0.4) is 0 Å². The monoisotopic (exact) mass is 418 g/mol. The molecular weight excluding hydrogens is 390 g/mol. The minimum atomic E-state index is -3.95. The largest absolute Gasteiger partial charge is 0.495 e. The Morgan fingerprint density at radius 1 is 1.10 bits per heavy atom. The first kappa shape index (κ1) is 21.1. The minimum absolute atomic E-state index is 0.143. The number of carbonyl (C=O) groups is 1. The summed E-state index contributed by atoms with van der Waals surface area (Å²) in [6.07, 6.45) is 0. The molecule has 0 radical (unpaired) electrons. The van der Waals surface area contributed by atoms with Crippen LogP contribution in [-0.4, -0.2) is 66.1 Å². The predicted molar refractivity (Wildman–Crippen MR) is 112 cm³/mol. The van der Waals surface area contributed by atoms with Crippen LogP contribution in [0.1, 0.15) is 5.56 Å². The van der Waals surface area contributed by atoms with E-state index < -0.39 is 10.0 Å². The van der Waals surface area contributed by atoms with Crippen LogP contribution in [-0.2, 0) is 14.8 Å². The maximum absolute atomic E-state index is 13.5. The maximum atomic E-state index is 13.5. The Kier molecular flexibility index (Phi) is 6.44. The summed E-state index contributed by atoms with van der Waals surface area (Å²) in [7, 11) is -0.373. The zero-order valence-corrected chi connectivity index (χ0v) is 17.9. The average molecular weight is 419 g/mol. The molecule has 1 N–H and O–H groups in total. The number of nitrogens with zero attached hydrogens (tertiary/aromatic N) is 2. The fourth-order valence-electron chi connectivity index (χ4n) is 3.33. The summed E-state index contributed by atoms with van der Waals surface area (Å²) in [4.78, 5) is 16.2. The van der Waals surface area contributed by atoms with Gasteiger partial charge in [-0.1, -0.05) is 29.8 Å². The van der Waals surface area contributed by atoms with Gasteiger partial charge in [-0.25, -0.2) is 8.42 Å². The van der Waals surface area contributed by atoms with Gasteiger partial charge in [0.2, 0.25) is 5.91 Å². The van der Waals surface area contributed by atoms with Gasteiger partial charge in [0, 0.05) is 0 Å². The molecule has 1 aliphatic heterocycles. The molecule has 1 amide bonds. The van der Waals surface area contributed by atoms with E-state index in [2.05, 4.69) is 7.05 Å². The Labute approximate surface area is 172 Å². The van der Waals surface area contributed by atoms with Crippen molar-refractivity contribution in [2.45, 2.75) is 11.8 Å². The van der Waals surface area contributed by atoms with E-state index in [1.807, 2.05) is 6.92 Å². The molecular formula is C21H28N3O4S+. The van der Waals surface area contributed by atoms with Crippen LogP contribution in [0.25, 0.3) is 0 Å². The zero-order valence-electron chi connectivity index (χ0n) is 17.1. The number of hydrogen-bond donors (Lipinski definition) is 1. The highest BCUT2D eigenvalue weighted by Gasteiger charge is 2.32. The molecule has 0 aliphatic carbocycles. The van der Waals surface area contributed by atoms with Gasteiger partial charge < -0.3 is 14.5 Å². The van der Waals surface area contributed by atoms with Gasteiger partial charge in [-0.2, -0.15) is 0 Å². The number of nitrogens with one attached hydrogen (secondary N) is 1. The molecule has 0 unspecified atom stereocenters. The maximum Gasteiger partial charge on any atom is 0.264 e. The van der Waals surface area contributed by atoms with E-state index in [9.17, 15) is 13.2 Å². The highest BCUT2D eigenvalue weighted by molar-refractivity contribution is 7.92. The van der Waals surface area contributed by atoms with E-state index in [0.717, 1.165) is 23.0 Å². The summed E-state index contributed by atoms with van der Waals surface area (Å²) in [5.41, 5.74) is 1.31. The molecule has 29 heavy (non-hydrogen) atoms. The first-order chi connectivity index (χ1) is 13.8. The second-order valence-corrected chi connectivity index (χ2v) is 9.20. The van der Waals surface area contributed by atoms with Crippen molar-refractivity contribution in [3.8, 4) is 5.75 Å². The number of piperazine rings is 1. The predicted octanol–water partition coefficient (Wildman–Crippen LogP) is 0.556. The van der Waals surface area contributed by atoms with Gasteiger partial charge in [0.25, 0.3) is 10.0 Å². The van der Waals surface area contributed by atoms with Crippen molar-refractivity contribution in [1.29, 1.82) is 0 Å². The molecule has 0 spiro atoms. The molecule has 0 saturated carbocycles. The fraction of sp³-hybridized carbons (Fsp3) is 0.381. The molecule has 2 aromatic carbocycles. The van der Waals surface area contributed by atoms with Gasteiger partial charge in [0.15, 0.2) is 0 Å². The topological polar surface area (TPSA) is 71.4 Å². The van der Waals surface area contributed by atoms with E-state index in [-0.39, 0.29) is 17.3 Å². The normalized spacial score (nSPS) is 15.2. The van der Waals surface area contributed by atoms with Gasteiger partial charge in [0.1, 0.15) is 12.3 Å². The second kappa shape index (κ2) is 8.84. The van der Waals surface area contributed by atoms with E-state index in [0.29, 0.717) is 24.5 Å². The summed E-state index contributed by atoms with van der Waals surface area (Å²) in [5, 5.41) is 0. The average Bonchev–Trinajstić information content (AvgIpc) is 2.72. The molecule has 1 saturated heterocycles. The molecule has 8 heteroatoms. The highest BCUT2D eigenvalue weighted by atomic mass is 32.2. The van der Waals surface area contributed by atoms with Crippen LogP contribution in [0.2, 0.25) is 0 Å². The molecule has 1 fully saturated rings. The van der Waals surface area contributed by atoms with Crippen LogP contribution in [0.15, 0.2) is 53.4 Å². The Hall–Kier alpha value is -2.58. The fourth-order valence-corrected chi connectivity index (χ4v) is 4.76. The second-order valence-electron chi connectivity index (χ2n) is 7.33. The molecule has 0 bridgehead atoms. The highest BCUT2D eigenvalue weighted by Crippen LogP contribution is 2.32. The molecule has 3 rings (SSSR count). The van der Waals surface area contributed by atoms with Gasteiger partial charge in [-0.05, 0) is 31.2 Å². The number of sulfonamides is 1. The Bertz CT molecular complexity index is 952. The van der Waals surface area contributed by atoms with E-state index in [1.165, 1.54) is 12.0 Å². The third kappa shape index (κ3) is 4.71. The lowest BCUT2D eigenvalue weighted by Gasteiger charge is -2.32. The molecule has 2 aromatic rings. The van der Waals surface area contributed by atoms with Gasteiger partial charge in [0.05, 0.1) is 50.9 Å². The molecule has 7 nitrogen and oxygen atoms in total. The van der Waals surface area contributed by atoms with Crippen LogP contribution in [0, 0.1) is 6.92 Å². The van der Waals surface area contributed by atoms with Crippen molar-refractivity contribution in [3.63, 3.8) is 0 Å².